The van der Waals surface area contributed by atoms with Crippen molar-refractivity contribution in [3.05, 3.63) is 29.6 Å². The summed E-state index contributed by atoms with van der Waals surface area (Å²) in [4.78, 5) is 13.5. The molecule has 0 saturated carbocycles. The van der Waals surface area contributed by atoms with E-state index >= 15 is 0 Å². The summed E-state index contributed by atoms with van der Waals surface area (Å²) in [5, 5.41) is 0. The third-order valence-electron chi connectivity index (χ3n) is 3.15. The zero-order valence-corrected chi connectivity index (χ0v) is 10.8. The molecule has 1 fully saturated rings. The number of nitrogens with two attached hydrogens (primary N) is 1. The van der Waals surface area contributed by atoms with Crippen LogP contribution in [0.25, 0.3) is 0 Å². The number of carbonyl (C=O) groups is 1. The number of nitrogens with zero attached hydrogens (tertiary/aromatic N) is 1. The summed E-state index contributed by atoms with van der Waals surface area (Å²) in [6.45, 7) is 1.02. The molecular weight excluding hydrogens is 251 g/mol. The number of rotatable bonds is 4. The Morgan fingerprint density at radius 1 is 1.58 bits per heavy atom. The highest BCUT2D eigenvalue weighted by Crippen LogP contribution is 2.23. The Morgan fingerprint density at radius 3 is 3.05 bits per heavy atom. The van der Waals surface area contributed by atoms with Crippen LogP contribution in [0.15, 0.2) is 18.2 Å². The zero-order valence-electron chi connectivity index (χ0n) is 10.8. The number of ether oxygens (including phenoxy) is 2. The molecule has 0 spiro atoms. The Balaban J connectivity index is 2.23. The molecule has 104 valence electrons. The smallest absolute Gasteiger partial charge is 0.249 e. The van der Waals surface area contributed by atoms with Gasteiger partial charge in [0.2, 0.25) is 5.91 Å². The lowest BCUT2D eigenvalue weighted by Gasteiger charge is -2.35. The number of halogens is 1. The average molecular weight is 268 g/mol. The summed E-state index contributed by atoms with van der Waals surface area (Å²) >= 11 is 0. The van der Waals surface area contributed by atoms with Crippen LogP contribution in [-0.2, 0) is 16.1 Å². The van der Waals surface area contributed by atoms with E-state index in [1.54, 1.807) is 11.0 Å². The average Bonchev–Trinajstić information content (AvgIpc) is 2.41. The molecule has 1 aliphatic heterocycles. The van der Waals surface area contributed by atoms with E-state index in [0.29, 0.717) is 24.5 Å². The molecule has 1 unspecified atom stereocenters. The van der Waals surface area contributed by atoms with E-state index in [2.05, 4.69) is 0 Å². The highest BCUT2D eigenvalue weighted by atomic mass is 19.1. The van der Waals surface area contributed by atoms with Crippen LogP contribution in [0, 0.1) is 5.82 Å². The van der Waals surface area contributed by atoms with Gasteiger partial charge in [-0.25, -0.2) is 4.39 Å². The maximum absolute atomic E-state index is 13.3. The van der Waals surface area contributed by atoms with Gasteiger partial charge in [-0.2, -0.15) is 0 Å². The predicted octanol–water partition coefficient (Wildman–Crippen LogP) is 0.520. The van der Waals surface area contributed by atoms with Crippen LogP contribution < -0.4 is 10.5 Å². The second-order valence-electron chi connectivity index (χ2n) is 4.38. The largest absolute Gasteiger partial charge is 0.496 e. The minimum absolute atomic E-state index is 0.0358. The van der Waals surface area contributed by atoms with Gasteiger partial charge in [-0.15, -0.1) is 0 Å². The molecule has 1 aliphatic rings. The van der Waals surface area contributed by atoms with E-state index in [1.165, 1.54) is 19.2 Å². The molecule has 0 bridgehead atoms. The third kappa shape index (κ3) is 3.02. The first-order valence-electron chi connectivity index (χ1n) is 6.05. The summed E-state index contributed by atoms with van der Waals surface area (Å²) in [5.41, 5.74) is 6.25. The molecule has 1 atom stereocenters. The monoisotopic (exact) mass is 268 g/mol. The van der Waals surface area contributed by atoms with Crippen LogP contribution >= 0.6 is 0 Å². The Labute approximate surface area is 111 Å². The number of benzene rings is 1. The Bertz CT molecular complexity index is 467. The Hall–Kier alpha value is -1.66. The first-order chi connectivity index (χ1) is 9.15. The summed E-state index contributed by atoms with van der Waals surface area (Å²) < 4.78 is 23.6. The van der Waals surface area contributed by atoms with Gasteiger partial charge in [0.1, 0.15) is 18.2 Å². The van der Waals surface area contributed by atoms with E-state index in [0.717, 1.165) is 0 Å². The SMILES string of the molecule is COc1ccc(F)cc1CN1C(=O)COCC1CN. The van der Waals surface area contributed by atoms with Gasteiger partial charge in [0, 0.05) is 18.7 Å². The molecule has 1 saturated heterocycles. The standard InChI is InChI=1S/C13H17FN2O3/c1-18-12-3-2-10(14)4-9(12)6-16-11(5-15)7-19-8-13(16)17/h2-4,11H,5-8,15H2,1H3. The molecule has 1 aromatic carbocycles. The maximum atomic E-state index is 13.3. The van der Waals surface area contributed by atoms with Crippen molar-refractivity contribution in [2.75, 3.05) is 26.9 Å². The fourth-order valence-corrected chi connectivity index (χ4v) is 2.13. The first-order valence-corrected chi connectivity index (χ1v) is 6.05. The van der Waals surface area contributed by atoms with Crippen LogP contribution in [-0.4, -0.2) is 43.7 Å². The molecule has 1 aromatic rings. The van der Waals surface area contributed by atoms with Crippen LogP contribution in [0.2, 0.25) is 0 Å². The van der Waals surface area contributed by atoms with E-state index in [-0.39, 0.29) is 30.9 Å². The lowest BCUT2D eigenvalue weighted by Crippen LogP contribution is -2.52. The van der Waals surface area contributed by atoms with Crippen LogP contribution in [0.5, 0.6) is 5.75 Å². The van der Waals surface area contributed by atoms with Crippen LogP contribution in [0.1, 0.15) is 5.56 Å². The second kappa shape index (κ2) is 5.99. The summed E-state index contributed by atoms with van der Waals surface area (Å²) in [6.07, 6.45) is 0. The van der Waals surface area contributed by atoms with Gasteiger partial charge in [0.15, 0.2) is 0 Å². The summed E-state index contributed by atoms with van der Waals surface area (Å²) in [7, 11) is 1.51. The zero-order chi connectivity index (χ0) is 13.8. The molecular formula is C13H17FN2O3. The number of methoxy groups -OCH3 is 1. The van der Waals surface area contributed by atoms with Gasteiger partial charge in [0.25, 0.3) is 0 Å². The van der Waals surface area contributed by atoms with Crippen molar-refractivity contribution in [1.82, 2.24) is 4.90 Å². The number of carbonyl (C=O) groups excluding carboxylic acids is 1. The van der Waals surface area contributed by atoms with Gasteiger partial charge in [-0.05, 0) is 18.2 Å². The Kier molecular flexibility index (Phi) is 4.34. The molecule has 19 heavy (non-hydrogen) atoms. The predicted molar refractivity (Wildman–Crippen MR) is 67.2 cm³/mol. The van der Waals surface area contributed by atoms with Crippen molar-refractivity contribution in [1.29, 1.82) is 0 Å². The van der Waals surface area contributed by atoms with E-state index in [9.17, 15) is 9.18 Å². The molecule has 1 amide bonds. The lowest BCUT2D eigenvalue weighted by molar-refractivity contribution is -0.148. The van der Waals surface area contributed by atoms with Gasteiger partial charge < -0.3 is 20.1 Å². The van der Waals surface area contributed by atoms with Crippen molar-refractivity contribution in [2.45, 2.75) is 12.6 Å². The molecule has 1 heterocycles. The molecule has 0 aromatic heterocycles. The molecule has 6 heteroatoms. The molecule has 2 rings (SSSR count). The van der Waals surface area contributed by atoms with Crippen molar-refractivity contribution in [3.8, 4) is 5.75 Å². The topological polar surface area (TPSA) is 64.8 Å². The fraction of sp³-hybridized carbons (Fsp3) is 0.462. The highest BCUT2D eigenvalue weighted by molar-refractivity contribution is 5.78. The van der Waals surface area contributed by atoms with Gasteiger partial charge in [0.05, 0.1) is 19.8 Å². The maximum Gasteiger partial charge on any atom is 0.249 e. The fourth-order valence-electron chi connectivity index (χ4n) is 2.13. The molecule has 5 nitrogen and oxygen atoms in total. The van der Waals surface area contributed by atoms with Crippen molar-refractivity contribution >= 4 is 5.91 Å². The van der Waals surface area contributed by atoms with E-state index in [4.69, 9.17) is 15.2 Å². The van der Waals surface area contributed by atoms with Crippen LogP contribution in [0.3, 0.4) is 0 Å². The van der Waals surface area contributed by atoms with Gasteiger partial charge >= 0.3 is 0 Å². The number of morpholine rings is 1. The third-order valence-corrected chi connectivity index (χ3v) is 3.15. The number of amides is 1. The lowest BCUT2D eigenvalue weighted by atomic mass is 10.1. The second-order valence-corrected chi connectivity index (χ2v) is 4.38. The first kappa shape index (κ1) is 13.8. The normalized spacial score (nSPS) is 19.6. The van der Waals surface area contributed by atoms with Gasteiger partial charge in [-0.1, -0.05) is 0 Å². The van der Waals surface area contributed by atoms with E-state index in [1.807, 2.05) is 0 Å². The number of hydrogen-bond donors (Lipinski definition) is 1. The quantitative estimate of drug-likeness (QED) is 0.864. The highest BCUT2D eigenvalue weighted by Gasteiger charge is 2.28. The van der Waals surface area contributed by atoms with Crippen molar-refractivity contribution < 1.29 is 18.7 Å². The molecule has 0 aliphatic carbocycles. The number of hydrogen-bond acceptors (Lipinski definition) is 4. The van der Waals surface area contributed by atoms with E-state index < -0.39 is 0 Å². The van der Waals surface area contributed by atoms with Gasteiger partial charge in [-0.3, -0.25) is 4.79 Å². The van der Waals surface area contributed by atoms with Crippen molar-refractivity contribution in [3.63, 3.8) is 0 Å². The summed E-state index contributed by atoms with van der Waals surface area (Å²) in [6, 6.07) is 4.06. The minimum atomic E-state index is -0.360. The Morgan fingerprint density at radius 2 is 2.37 bits per heavy atom. The molecule has 0 radical (unpaired) electrons. The minimum Gasteiger partial charge on any atom is -0.496 e. The molecule has 2 N–H and O–H groups in total. The van der Waals surface area contributed by atoms with Crippen molar-refractivity contribution in [2.24, 2.45) is 5.73 Å². The van der Waals surface area contributed by atoms with Crippen LogP contribution in [0.4, 0.5) is 4.39 Å². The summed E-state index contributed by atoms with van der Waals surface area (Å²) in [5.74, 6) is 0.0466.